The number of urea groups is 1. The summed E-state index contributed by atoms with van der Waals surface area (Å²) in [6, 6.07) is 13.3. The SMILES string of the molecule is CCOC(=O)CNC(=O)Nc1ccc(N2CCc3ccccc3C2)c(C(=O)N2CCCC2)c1. The van der Waals surface area contributed by atoms with Gasteiger partial charge in [0.2, 0.25) is 0 Å². The van der Waals surface area contributed by atoms with Crippen LogP contribution < -0.4 is 15.5 Å². The fraction of sp³-hybridized carbons (Fsp3) is 0.400. The summed E-state index contributed by atoms with van der Waals surface area (Å²) in [5.74, 6) is -0.518. The summed E-state index contributed by atoms with van der Waals surface area (Å²) in [4.78, 5) is 41.2. The summed E-state index contributed by atoms with van der Waals surface area (Å²) in [6.07, 6.45) is 2.93. The fourth-order valence-electron chi connectivity index (χ4n) is 4.39. The van der Waals surface area contributed by atoms with Gasteiger partial charge in [-0.05, 0) is 55.5 Å². The van der Waals surface area contributed by atoms with E-state index in [-0.39, 0.29) is 19.1 Å². The number of rotatable bonds is 6. The Balaban J connectivity index is 1.54. The van der Waals surface area contributed by atoms with Crippen LogP contribution in [-0.4, -0.2) is 55.6 Å². The van der Waals surface area contributed by atoms with Gasteiger partial charge in [0.1, 0.15) is 6.54 Å². The largest absolute Gasteiger partial charge is 0.465 e. The van der Waals surface area contributed by atoms with Crippen LogP contribution in [0.3, 0.4) is 0 Å². The maximum atomic E-state index is 13.4. The van der Waals surface area contributed by atoms with Crippen LogP contribution in [0.25, 0.3) is 0 Å². The third kappa shape index (κ3) is 5.45. The van der Waals surface area contributed by atoms with Gasteiger partial charge in [0.05, 0.1) is 12.2 Å². The summed E-state index contributed by atoms with van der Waals surface area (Å²) in [5, 5.41) is 5.20. The Morgan fingerprint density at radius 1 is 1.00 bits per heavy atom. The molecule has 0 saturated carbocycles. The molecule has 1 saturated heterocycles. The number of fused-ring (bicyclic) bond motifs is 1. The molecule has 0 atom stereocenters. The third-order valence-corrected chi connectivity index (χ3v) is 6.05. The summed E-state index contributed by atoms with van der Waals surface area (Å²) < 4.78 is 4.82. The Labute approximate surface area is 193 Å². The first-order valence-electron chi connectivity index (χ1n) is 11.5. The number of anilines is 2. The summed E-state index contributed by atoms with van der Waals surface area (Å²) in [6.45, 7) is 4.81. The number of carbonyl (C=O) groups is 3. The molecular weight excluding hydrogens is 420 g/mol. The van der Waals surface area contributed by atoms with E-state index in [2.05, 4.69) is 33.7 Å². The molecule has 8 nitrogen and oxygen atoms in total. The molecule has 0 spiro atoms. The number of carbonyl (C=O) groups excluding carboxylic acids is 3. The molecule has 2 aromatic carbocycles. The number of benzene rings is 2. The first-order valence-corrected chi connectivity index (χ1v) is 11.5. The number of nitrogens with zero attached hydrogens (tertiary/aromatic N) is 2. The van der Waals surface area contributed by atoms with Crippen molar-refractivity contribution in [2.24, 2.45) is 0 Å². The zero-order valence-electron chi connectivity index (χ0n) is 18.9. The van der Waals surface area contributed by atoms with Crippen molar-refractivity contribution in [1.29, 1.82) is 0 Å². The second kappa shape index (κ2) is 10.4. The van der Waals surface area contributed by atoms with E-state index in [0.29, 0.717) is 11.3 Å². The highest BCUT2D eigenvalue weighted by atomic mass is 16.5. The molecule has 0 bridgehead atoms. The molecule has 2 N–H and O–H groups in total. The van der Waals surface area contributed by atoms with Crippen molar-refractivity contribution in [1.82, 2.24) is 10.2 Å². The van der Waals surface area contributed by atoms with Gasteiger partial charge < -0.3 is 25.2 Å². The monoisotopic (exact) mass is 450 g/mol. The molecule has 0 aromatic heterocycles. The predicted octanol–water partition coefficient (Wildman–Crippen LogP) is 3.17. The van der Waals surface area contributed by atoms with Crippen LogP contribution in [0.5, 0.6) is 0 Å². The van der Waals surface area contributed by atoms with Crippen LogP contribution in [0.15, 0.2) is 42.5 Å². The van der Waals surface area contributed by atoms with E-state index < -0.39 is 12.0 Å². The molecule has 4 rings (SSSR count). The quantitative estimate of drug-likeness (QED) is 0.660. The minimum Gasteiger partial charge on any atom is -0.465 e. The van der Waals surface area contributed by atoms with E-state index >= 15 is 0 Å². The van der Waals surface area contributed by atoms with Crippen molar-refractivity contribution in [3.05, 3.63) is 59.2 Å². The molecule has 2 heterocycles. The van der Waals surface area contributed by atoms with Crippen LogP contribution in [0.2, 0.25) is 0 Å². The standard InChI is InChI=1S/C25H30N4O4/c1-2-33-23(30)16-26-25(32)27-20-9-10-22(21(15-20)24(31)28-12-5-6-13-28)29-14-11-18-7-3-4-8-19(18)17-29/h3-4,7-10,15H,2,5-6,11-14,16-17H2,1H3,(H2,26,27,32). The van der Waals surface area contributed by atoms with Crippen molar-refractivity contribution in [2.75, 3.05) is 43.0 Å². The molecule has 33 heavy (non-hydrogen) atoms. The van der Waals surface area contributed by atoms with Crippen molar-refractivity contribution >= 4 is 29.3 Å². The smallest absolute Gasteiger partial charge is 0.325 e. The Hall–Kier alpha value is -3.55. The molecular formula is C25H30N4O4. The minimum atomic E-state index is -0.526. The lowest BCUT2D eigenvalue weighted by molar-refractivity contribution is -0.141. The molecule has 2 aliphatic rings. The van der Waals surface area contributed by atoms with Gasteiger partial charge in [-0.25, -0.2) is 4.79 Å². The number of nitrogens with one attached hydrogen (secondary N) is 2. The zero-order valence-corrected chi connectivity index (χ0v) is 18.9. The zero-order chi connectivity index (χ0) is 23.2. The second-order valence-electron chi connectivity index (χ2n) is 8.28. The van der Waals surface area contributed by atoms with Crippen LogP contribution >= 0.6 is 0 Å². The van der Waals surface area contributed by atoms with Crippen molar-refractivity contribution < 1.29 is 19.1 Å². The molecule has 0 radical (unpaired) electrons. The van der Waals surface area contributed by atoms with E-state index in [1.165, 1.54) is 11.1 Å². The topological polar surface area (TPSA) is 91.0 Å². The summed E-state index contributed by atoms with van der Waals surface area (Å²) in [7, 11) is 0. The van der Waals surface area contributed by atoms with E-state index in [0.717, 1.165) is 51.1 Å². The number of esters is 1. The van der Waals surface area contributed by atoms with Gasteiger partial charge in [-0.15, -0.1) is 0 Å². The van der Waals surface area contributed by atoms with Crippen LogP contribution in [0.4, 0.5) is 16.2 Å². The van der Waals surface area contributed by atoms with Gasteiger partial charge in [0.25, 0.3) is 5.91 Å². The lowest BCUT2D eigenvalue weighted by Crippen LogP contribution is -2.35. The molecule has 2 aromatic rings. The van der Waals surface area contributed by atoms with Gasteiger partial charge in [0, 0.05) is 37.6 Å². The number of ether oxygens (including phenoxy) is 1. The minimum absolute atomic E-state index is 0.0167. The second-order valence-corrected chi connectivity index (χ2v) is 8.28. The van der Waals surface area contributed by atoms with Crippen LogP contribution in [0, 0.1) is 0 Å². The number of amides is 3. The first kappa shape index (κ1) is 22.6. The normalized spacial score (nSPS) is 15.1. The van der Waals surface area contributed by atoms with E-state index in [4.69, 9.17) is 4.74 Å². The van der Waals surface area contributed by atoms with Gasteiger partial charge in [-0.2, -0.15) is 0 Å². The predicted molar refractivity (Wildman–Crippen MR) is 126 cm³/mol. The van der Waals surface area contributed by atoms with Crippen LogP contribution in [-0.2, 0) is 22.5 Å². The highest BCUT2D eigenvalue weighted by Gasteiger charge is 2.26. The Morgan fingerprint density at radius 2 is 1.76 bits per heavy atom. The van der Waals surface area contributed by atoms with E-state index in [1.807, 2.05) is 17.0 Å². The van der Waals surface area contributed by atoms with E-state index in [9.17, 15) is 14.4 Å². The van der Waals surface area contributed by atoms with Crippen molar-refractivity contribution in [3.63, 3.8) is 0 Å². The van der Waals surface area contributed by atoms with Gasteiger partial charge in [-0.3, -0.25) is 9.59 Å². The number of hydrogen-bond acceptors (Lipinski definition) is 5. The van der Waals surface area contributed by atoms with Gasteiger partial charge >= 0.3 is 12.0 Å². The molecule has 0 aliphatic carbocycles. The number of hydrogen-bond donors (Lipinski definition) is 2. The third-order valence-electron chi connectivity index (χ3n) is 6.05. The average molecular weight is 451 g/mol. The highest BCUT2D eigenvalue weighted by Crippen LogP contribution is 2.31. The summed E-state index contributed by atoms with van der Waals surface area (Å²) >= 11 is 0. The highest BCUT2D eigenvalue weighted by molar-refractivity contribution is 6.02. The lowest BCUT2D eigenvalue weighted by atomic mass is 9.98. The molecule has 3 amide bonds. The Morgan fingerprint density at radius 3 is 2.52 bits per heavy atom. The maximum absolute atomic E-state index is 13.4. The maximum Gasteiger partial charge on any atom is 0.325 e. The lowest BCUT2D eigenvalue weighted by Gasteiger charge is -2.33. The van der Waals surface area contributed by atoms with Crippen molar-refractivity contribution in [2.45, 2.75) is 32.7 Å². The Bertz CT molecular complexity index is 1030. The first-order chi connectivity index (χ1) is 16.0. The molecule has 1 fully saturated rings. The average Bonchev–Trinajstić information content (AvgIpc) is 3.37. The molecule has 174 valence electrons. The molecule has 8 heteroatoms. The molecule has 2 aliphatic heterocycles. The van der Waals surface area contributed by atoms with Crippen molar-refractivity contribution in [3.8, 4) is 0 Å². The Kier molecular flexibility index (Phi) is 7.12. The fourth-order valence-corrected chi connectivity index (χ4v) is 4.39. The van der Waals surface area contributed by atoms with Crippen LogP contribution in [0.1, 0.15) is 41.3 Å². The number of likely N-dealkylation sites (tertiary alicyclic amines) is 1. The van der Waals surface area contributed by atoms with Gasteiger partial charge in [0.15, 0.2) is 0 Å². The molecule has 0 unspecified atom stereocenters. The summed E-state index contributed by atoms with van der Waals surface area (Å²) in [5.41, 5.74) is 4.57. The van der Waals surface area contributed by atoms with E-state index in [1.54, 1.807) is 19.1 Å². The van der Waals surface area contributed by atoms with Gasteiger partial charge in [-0.1, -0.05) is 24.3 Å².